The van der Waals surface area contributed by atoms with Crippen LogP contribution >= 0.6 is 0 Å². The molecule has 0 amide bonds. The first kappa shape index (κ1) is 9.84. The molecule has 1 heterocycles. The third-order valence-electron chi connectivity index (χ3n) is 2.81. The maximum Gasteiger partial charge on any atom is 0.252 e. The fourth-order valence-corrected chi connectivity index (χ4v) is 2.02. The van der Waals surface area contributed by atoms with E-state index in [9.17, 15) is 5.21 Å². The predicted molar refractivity (Wildman–Crippen MR) is 64.8 cm³/mol. The molecule has 3 rings (SSSR count). The first-order chi connectivity index (χ1) is 8.31. The Morgan fingerprint density at radius 3 is 2.65 bits per heavy atom. The van der Waals surface area contributed by atoms with Crippen molar-refractivity contribution in [3.63, 3.8) is 0 Å². The van der Waals surface area contributed by atoms with E-state index in [4.69, 9.17) is 4.74 Å². The average Bonchev–Trinajstić information content (AvgIpc) is 2.39. The number of rotatable bonds is 1. The molecule has 0 saturated heterocycles. The number of fused-ring (bicyclic) bond motifs is 3. The van der Waals surface area contributed by atoms with Crippen LogP contribution < -0.4 is 9.58 Å². The predicted octanol–water partition coefficient (Wildman–Crippen LogP) is 2.03. The highest BCUT2D eigenvalue weighted by Gasteiger charge is 2.13. The maximum atomic E-state index is 11.8. The Bertz CT molecular complexity index is 710. The Balaban J connectivity index is 2.57. The molecule has 0 aliphatic heterocycles. The van der Waals surface area contributed by atoms with Crippen LogP contribution in [0.5, 0.6) is 5.75 Å². The summed E-state index contributed by atoms with van der Waals surface area (Å²) in [6.07, 6.45) is 0. The van der Waals surface area contributed by atoms with Crippen molar-refractivity contribution in [1.82, 2.24) is 5.10 Å². The molecule has 17 heavy (non-hydrogen) atoms. The van der Waals surface area contributed by atoms with Crippen molar-refractivity contribution in [1.29, 1.82) is 0 Å². The molecule has 0 spiro atoms. The van der Waals surface area contributed by atoms with Crippen molar-refractivity contribution >= 4 is 21.8 Å². The van der Waals surface area contributed by atoms with Crippen LogP contribution in [0, 0.1) is 5.21 Å². The van der Waals surface area contributed by atoms with E-state index in [-0.39, 0.29) is 0 Å². The van der Waals surface area contributed by atoms with Gasteiger partial charge in [-0.25, -0.2) is 0 Å². The summed E-state index contributed by atoms with van der Waals surface area (Å²) in [6.45, 7) is 0. The summed E-state index contributed by atoms with van der Waals surface area (Å²) >= 11 is 0. The maximum absolute atomic E-state index is 11.8. The van der Waals surface area contributed by atoms with Crippen LogP contribution in [0.4, 0.5) is 0 Å². The topological polar surface area (TPSA) is 49.1 Å². The SMILES string of the molecule is COc1cccc2c1n[n+]([O-])c1ccccc21. The molecular weight excluding hydrogens is 216 g/mol. The Labute approximate surface area is 97.6 Å². The summed E-state index contributed by atoms with van der Waals surface area (Å²) in [4.78, 5) is 0.639. The Hall–Kier alpha value is -2.36. The Kier molecular flexibility index (Phi) is 2.08. The number of hydrogen-bond donors (Lipinski definition) is 0. The molecule has 4 heteroatoms. The van der Waals surface area contributed by atoms with Crippen molar-refractivity contribution in [2.45, 2.75) is 0 Å². The van der Waals surface area contributed by atoms with Gasteiger partial charge in [-0.15, -0.1) is 0 Å². The van der Waals surface area contributed by atoms with Gasteiger partial charge >= 0.3 is 0 Å². The highest BCUT2D eigenvalue weighted by Crippen LogP contribution is 2.27. The van der Waals surface area contributed by atoms with Crippen LogP contribution in [0.25, 0.3) is 21.8 Å². The summed E-state index contributed by atoms with van der Waals surface area (Å²) in [6, 6.07) is 13.0. The number of benzene rings is 2. The van der Waals surface area contributed by atoms with E-state index in [0.29, 0.717) is 21.6 Å². The van der Waals surface area contributed by atoms with E-state index in [2.05, 4.69) is 5.10 Å². The molecule has 0 fully saturated rings. The van der Waals surface area contributed by atoms with Crippen LogP contribution in [-0.4, -0.2) is 12.2 Å². The third-order valence-corrected chi connectivity index (χ3v) is 2.81. The second-order valence-corrected chi connectivity index (χ2v) is 3.75. The van der Waals surface area contributed by atoms with Gasteiger partial charge in [0.05, 0.1) is 12.5 Å². The zero-order valence-electron chi connectivity index (χ0n) is 9.25. The van der Waals surface area contributed by atoms with Crippen molar-refractivity contribution in [2.75, 3.05) is 7.11 Å². The summed E-state index contributed by atoms with van der Waals surface area (Å²) in [5.74, 6) is 0.609. The Morgan fingerprint density at radius 1 is 1.06 bits per heavy atom. The van der Waals surface area contributed by atoms with Crippen LogP contribution in [0.2, 0.25) is 0 Å². The molecule has 4 nitrogen and oxygen atoms in total. The molecule has 1 aromatic heterocycles. The molecule has 0 N–H and O–H groups in total. The van der Waals surface area contributed by atoms with Crippen LogP contribution in [-0.2, 0) is 0 Å². The monoisotopic (exact) mass is 226 g/mol. The van der Waals surface area contributed by atoms with E-state index in [1.54, 1.807) is 19.2 Å². The van der Waals surface area contributed by atoms with E-state index in [1.807, 2.05) is 30.3 Å². The quantitative estimate of drug-likeness (QED) is 0.362. The minimum atomic E-state index is 0.563. The molecule has 0 unspecified atom stereocenters. The van der Waals surface area contributed by atoms with Crippen molar-refractivity contribution in [3.05, 3.63) is 47.7 Å². The molecule has 0 radical (unpaired) electrons. The molecule has 3 aromatic rings. The lowest BCUT2D eigenvalue weighted by Crippen LogP contribution is -2.31. The second kappa shape index (κ2) is 3.59. The fourth-order valence-electron chi connectivity index (χ4n) is 2.02. The van der Waals surface area contributed by atoms with Crippen LogP contribution in [0.1, 0.15) is 0 Å². The normalized spacial score (nSPS) is 10.9. The van der Waals surface area contributed by atoms with Crippen molar-refractivity contribution < 1.29 is 9.58 Å². The number of methoxy groups -OCH3 is 1. The fraction of sp³-hybridized carbons (Fsp3) is 0.0769. The highest BCUT2D eigenvalue weighted by molar-refractivity contribution is 6.04. The van der Waals surface area contributed by atoms with E-state index in [1.165, 1.54) is 0 Å². The highest BCUT2D eigenvalue weighted by atomic mass is 16.5. The molecule has 0 aliphatic carbocycles. The number of para-hydroxylation sites is 1. The number of aromatic nitrogens is 2. The number of ether oxygens (including phenoxy) is 1. The summed E-state index contributed by atoms with van der Waals surface area (Å²) < 4.78 is 5.22. The second-order valence-electron chi connectivity index (χ2n) is 3.75. The van der Waals surface area contributed by atoms with E-state index < -0.39 is 0 Å². The Morgan fingerprint density at radius 2 is 1.82 bits per heavy atom. The third kappa shape index (κ3) is 1.38. The van der Waals surface area contributed by atoms with Gasteiger partial charge in [0.15, 0.2) is 11.3 Å². The smallest absolute Gasteiger partial charge is 0.252 e. The van der Waals surface area contributed by atoms with Gasteiger partial charge in [-0.2, -0.15) is 0 Å². The standard InChI is InChI=1S/C13H10N2O2/c1-17-12-8-4-6-10-9-5-2-3-7-11(9)15(16)14-13(10)12/h2-8H,1H3. The number of nitrogens with zero attached hydrogens (tertiary/aromatic N) is 2. The molecule has 0 saturated carbocycles. The zero-order chi connectivity index (χ0) is 11.8. The lowest BCUT2D eigenvalue weighted by molar-refractivity contribution is -0.639. The molecule has 2 aromatic carbocycles. The van der Waals surface area contributed by atoms with Gasteiger partial charge in [0.1, 0.15) is 0 Å². The summed E-state index contributed by atoms with van der Waals surface area (Å²) in [5.41, 5.74) is 1.15. The van der Waals surface area contributed by atoms with Gasteiger partial charge in [-0.1, -0.05) is 24.3 Å². The van der Waals surface area contributed by atoms with Gasteiger partial charge in [0, 0.05) is 16.6 Å². The zero-order valence-corrected chi connectivity index (χ0v) is 9.25. The molecule has 0 bridgehead atoms. The molecule has 0 atom stereocenters. The van der Waals surface area contributed by atoms with Gasteiger partial charge in [-0.3, -0.25) is 0 Å². The molecule has 0 aliphatic rings. The minimum absolute atomic E-state index is 0.563. The van der Waals surface area contributed by atoms with E-state index >= 15 is 0 Å². The minimum Gasteiger partial charge on any atom is -0.594 e. The van der Waals surface area contributed by atoms with Crippen molar-refractivity contribution in [2.24, 2.45) is 0 Å². The number of hydrogen-bond acceptors (Lipinski definition) is 3. The van der Waals surface area contributed by atoms with Gasteiger partial charge < -0.3 is 9.94 Å². The van der Waals surface area contributed by atoms with Crippen molar-refractivity contribution in [3.8, 4) is 5.75 Å². The molecular formula is C13H10N2O2. The first-order valence-electron chi connectivity index (χ1n) is 5.26. The average molecular weight is 226 g/mol. The largest absolute Gasteiger partial charge is 0.594 e. The molecule has 84 valence electrons. The lowest BCUT2D eigenvalue weighted by Gasteiger charge is -2.06. The van der Waals surface area contributed by atoms with E-state index in [0.717, 1.165) is 10.8 Å². The lowest BCUT2D eigenvalue weighted by atomic mass is 10.1. The van der Waals surface area contributed by atoms with Crippen LogP contribution in [0.3, 0.4) is 0 Å². The summed E-state index contributed by atoms with van der Waals surface area (Å²) in [7, 11) is 1.57. The first-order valence-corrected chi connectivity index (χ1v) is 5.26. The summed E-state index contributed by atoms with van der Waals surface area (Å²) in [5, 5.41) is 17.6. The van der Waals surface area contributed by atoms with Gasteiger partial charge in [-0.05, 0) is 17.0 Å². The van der Waals surface area contributed by atoms with Crippen LogP contribution in [0.15, 0.2) is 42.5 Å². The van der Waals surface area contributed by atoms with Gasteiger partial charge in [0.25, 0.3) is 5.52 Å². The van der Waals surface area contributed by atoms with Gasteiger partial charge in [0.2, 0.25) is 0 Å².